The van der Waals surface area contributed by atoms with Gasteiger partial charge in [-0.05, 0) is 12.1 Å². The van der Waals surface area contributed by atoms with E-state index in [1.807, 2.05) is 0 Å². The summed E-state index contributed by atoms with van der Waals surface area (Å²) in [5.41, 5.74) is 0. The zero-order valence-electron chi connectivity index (χ0n) is 14.4. The van der Waals surface area contributed by atoms with Crippen LogP contribution in [0.15, 0.2) is 35.2 Å². The molecule has 9 nitrogen and oxygen atoms in total. The highest BCUT2D eigenvalue weighted by atomic mass is 32.2. The topological polar surface area (TPSA) is 134 Å². The summed E-state index contributed by atoms with van der Waals surface area (Å²) in [7, 11) is -2.25. The number of aliphatic hydroxyl groups is 2. The lowest BCUT2D eigenvalue weighted by Gasteiger charge is -2.15. The van der Waals surface area contributed by atoms with Crippen molar-refractivity contribution in [2.75, 3.05) is 26.8 Å². The predicted octanol–water partition coefficient (Wildman–Crippen LogP) is -1.39. The van der Waals surface area contributed by atoms with E-state index in [4.69, 9.17) is 9.47 Å². The van der Waals surface area contributed by atoms with E-state index in [1.54, 1.807) is 18.2 Å². The molecule has 0 bridgehead atoms. The minimum atomic E-state index is -3.76. The molecule has 4 N–H and O–H groups in total. The molecule has 1 aromatic carbocycles. The predicted molar refractivity (Wildman–Crippen MR) is 91.8 cm³/mol. The van der Waals surface area contributed by atoms with Gasteiger partial charge in [-0.15, -0.1) is 0 Å². The Kier molecular flexibility index (Phi) is 7.50. The molecular weight excluding hydrogens is 364 g/mol. The van der Waals surface area contributed by atoms with Gasteiger partial charge in [0, 0.05) is 20.2 Å². The second-order valence-electron chi connectivity index (χ2n) is 5.91. The van der Waals surface area contributed by atoms with E-state index < -0.39 is 34.4 Å². The fraction of sp³-hybridized carbons (Fsp3) is 0.562. The Labute approximate surface area is 152 Å². The van der Waals surface area contributed by atoms with Crippen molar-refractivity contribution < 1.29 is 32.9 Å². The monoisotopic (exact) mass is 388 g/mol. The van der Waals surface area contributed by atoms with Crippen LogP contribution in [0.5, 0.6) is 0 Å². The Bertz CT molecular complexity index is 683. The third-order valence-corrected chi connectivity index (χ3v) is 5.44. The largest absolute Gasteiger partial charge is 0.388 e. The summed E-state index contributed by atoms with van der Waals surface area (Å²) in [6.45, 7) is 0.449. The first-order chi connectivity index (χ1) is 12.3. The number of carbonyl (C=O) groups excluding carboxylic acids is 1. The van der Waals surface area contributed by atoms with Crippen LogP contribution in [0.4, 0.5) is 0 Å². The highest BCUT2D eigenvalue weighted by Gasteiger charge is 2.43. The number of benzene rings is 1. The molecule has 1 amide bonds. The van der Waals surface area contributed by atoms with Crippen LogP contribution in [0.1, 0.15) is 6.42 Å². The summed E-state index contributed by atoms with van der Waals surface area (Å²) in [5, 5.41) is 22.7. The minimum absolute atomic E-state index is 0.0853. The van der Waals surface area contributed by atoms with Crippen LogP contribution in [0.3, 0.4) is 0 Å². The minimum Gasteiger partial charge on any atom is -0.388 e. The number of hydrogen-bond donors (Lipinski definition) is 4. The zero-order chi connectivity index (χ0) is 19.2. The molecular formula is C16H24N2O7S. The van der Waals surface area contributed by atoms with E-state index in [-0.39, 0.29) is 23.8 Å². The van der Waals surface area contributed by atoms with Crippen molar-refractivity contribution in [1.82, 2.24) is 10.0 Å². The van der Waals surface area contributed by atoms with Crippen molar-refractivity contribution in [2.24, 2.45) is 0 Å². The summed E-state index contributed by atoms with van der Waals surface area (Å²) in [4.78, 5) is 11.9. The molecule has 1 aromatic rings. The maximum absolute atomic E-state index is 12.2. The number of carbonyl (C=O) groups is 1. The number of rotatable bonds is 9. The van der Waals surface area contributed by atoms with Gasteiger partial charge in [-0.2, -0.15) is 0 Å². The van der Waals surface area contributed by atoms with Crippen LogP contribution < -0.4 is 10.0 Å². The highest BCUT2D eigenvalue weighted by Crippen LogP contribution is 2.23. The molecule has 0 spiro atoms. The van der Waals surface area contributed by atoms with Gasteiger partial charge in [-0.3, -0.25) is 4.79 Å². The molecule has 1 aliphatic rings. The van der Waals surface area contributed by atoms with Crippen molar-refractivity contribution in [3.63, 3.8) is 0 Å². The summed E-state index contributed by atoms with van der Waals surface area (Å²) < 4.78 is 37.0. The van der Waals surface area contributed by atoms with Gasteiger partial charge in [-0.1, -0.05) is 18.2 Å². The van der Waals surface area contributed by atoms with Crippen LogP contribution in [0, 0.1) is 0 Å². The normalized spacial score (nSPS) is 26.0. The van der Waals surface area contributed by atoms with Gasteiger partial charge in [0.1, 0.15) is 18.3 Å². The Morgan fingerprint density at radius 1 is 1.19 bits per heavy atom. The molecule has 1 fully saturated rings. The van der Waals surface area contributed by atoms with Crippen molar-refractivity contribution >= 4 is 15.9 Å². The number of methoxy groups -OCH3 is 1. The van der Waals surface area contributed by atoms with Gasteiger partial charge in [0.25, 0.3) is 0 Å². The van der Waals surface area contributed by atoms with Crippen LogP contribution in [0.2, 0.25) is 0 Å². The summed E-state index contributed by atoms with van der Waals surface area (Å²) in [6.07, 6.45) is -4.61. The number of hydrogen-bond acceptors (Lipinski definition) is 7. The van der Waals surface area contributed by atoms with Crippen molar-refractivity contribution in [1.29, 1.82) is 0 Å². The van der Waals surface area contributed by atoms with Crippen molar-refractivity contribution in [3.8, 4) is 0 Å². The Balaban J connectivity index is 1.88. The van der Waals surface area contributed by atoms with Gasteiger partial charge in [-0.25, -0.2) is 13.1 Å². The quantitative estimate of drug-likeness (QED) is 0.383. The van der Waals surface area contributed by atoms with Crippen molar-refractivity contribution in [3.05, 3.63) is 30.3 Å². The molecule has 10 heteroatoms. The number of aliphatic hydroxyl groups excluding tert-OH is 2. The van der Waals surface area contributed by atoms with Gasteiger partial charge in [0.15, 0.2) is 0 Å². The fourth-order valence-corrected chi connectivity index (χ4v) is 3.65. The van der Waals surface area contributed by atoms with Gasteiger partial charge in [0.05, 0.1) is 24.0 Å². The van der Waals surface area contributed by atoms with Crippen LogP contribution >= 0.6 is 0 Å². The standard InChI is InChI=1S/C16H24N2O7S/c1-24-8-7-17-14(19)9-12-15(20)16(21)13(25-12)10-18-26(22,23)11-5-3-2-4-6-11/h2-6,12-13,15-16,18,20-21H,7-10H2,1H3,(H,17,19). The van der Waals surface area contributed by atoms with Gasteiger partial charge >= 0.3 is 0 Å². The molecule has 146 valence electrons. The van der Waals surface area contributed by atoms with Gasteiger partial charge < -0.3 is 25.0 Å². The fourth-order valence-electron chi connectivity index (χ4n) is 2.59. The third-order valence-electron chi connectivity index (χ3n) is 4.00. The molecule has 0 radical (unpaired) electrons. The first-order valence-corrected chi connectivity index (χ1v) is 9.65. The molecule has 0 aliphatic carbocycles. The molecule has 1 aliphatic heterocycles. The zero-order valence-corrected chi connectivity index (χ0v) is 15.2. The molecule has 0 aromatic heterocycles. The molecule has 2 rings (SSSR count). The van der Waals surface area contributed by atoms with E-state index >= 15 is 0 Å². The Morgan fingerprint density at radius 3 is 2.50 bits per heavy atom. The van der Waals surface area contributed by atoms with Crippen LogP contribution in [-0.4, -0.2) is 75.8 Å². The Morgan fingerprint density at radius 2 is 1.85 bits per heavy atom. The lowest BCUT2D eigenvalue weighted by atomic mass is 10.1. The molecule has 0 saturated carbocycles. The first kappa shape index (κ1) is 20.7. The average Bonchev–Trinajstić information content (AvgIpc) is 2.89. The van der Waals surface area contributed by atoms with E-state index in [9.17, 15) is 23.4 Å². The van der Waals surface area contributed by atoms with E-state index in [0.717, 1.165) is 0 Å². The SMILES string of the molecule is COCCNC(=O)CC1OC(CNS(=O)(=O)c2ccccc2)C(O)C1O. The molecule has 4 unspecified atom stereocenters. The Hall–Kier alpha value is -1.56. The highest BCUT2D eigenvalue weighted by molar-refractivity contribution is 7.89. The summed E-state index contributed by atoms with van der Waals surface area (Å²) in [6, 6.07) is 7.77. The van der Waals surface area contributed by atoms with Crippen LogP contribution in [0.25, 0.3) is 0 Å². The number of nitrogens with one attached hydrogen (secondary N) is 2. The van der Waals surface area contributed by atoms with Gasteiger partial charge in [0.2, 0.25) is 15.9 Å². The molecule has 1 saturated heterocycles. The van der Waals surface area contributed by atoms with E-state index in [1.165, 1.54) is 19.2 Å². The summed E-state index contributed by atoms with van der Waals surface area (Å²) in [5.74, 6) is -0.358. The maximum Gasteiger partial charge on any atom is 0.240 e. The average molecular weight is 388 g/mol. The summed E-state index contributed by atoms with van der Waals surface area (Å²) >= 11 is 0. The van der Waals surface area contributed by atoms with Crippen molar-refractivity contribution in [2.45, 2.75) is 35.7 Å². The number of amides is 1. The second kappa shape index (κ2) is 9.40. The maximum atomic E-state index is 12.2. The second-order valence-corrected chi connectivity index (χ2v) is 7.67. The smallest absolute Gasteiger partial charge is 0.240 e. The van der Waals surface area contributed by atoms with E-state index in [0.29, 0.717) is 13.2 Å². The molecule has 4 atom stereocenters. The lowest BCUT2D eigenvalue weighted by molar-refractivity contribution is -0.125. The van der Waals surface area contributed by atoms with Crippen LogP contribution in [-0.2, 0) is 24.3 Å². The number of sulfonamides is 1. The third kappa shape index (κ3) is 5.47. The first-order valence-electron chi connectivity index (χ1n) is 8.17. The molecule has 26 heavy (non-hydrogen) atoms. The number of ether oxygens (including phenoxy) is 2. The van der Waals surface area contributed by atoms with E-state index in [2.05, 4.69) is 10.0 Å². The lowest BCUT2D eigenvalue weighted by Crippen LogP contribution is -2.40. The molecule has 1 heterocycles.